The van der Waals surface area contributed by atoms with Gasteiger partial charge >= 0.3 is 0 Å². The summed E-state index contributed by atoms with van der Waals surface area (Å²) in [5, 5.41) is 4.86. The largest absolute Gasteiger partial charge is 0.309 e. The second-order valence-electron chi connectivity index (χ2n) is 15.8. The maximum atomic E-state index is 5.13. The highest BCUT2D eigenvalue weighted by Crippen LogP contribution is 2.43. The fourth-order valence-electron chi connectivity index (χ4n) is 9.24. The molecule has 12 aromatic rings. The Morgan fingerprint density at radius 1 is 0.274 bits per heavy atom. The van der Waals surface area contributed by atoms with E-state index >= 15 is 0 Å². The van der Waals surface area contributed by atoms with E-state index in [4.69, 9.17) is 9.97 Å². The molecule has 62 heavy (non-hydrogen) atoms. The third-order valence-electron chi connectivity index (χ3n) is 12.1. The molecule has 0 aliphatic carbocycles. The second kappa shape index (κ2) is 14.7. The first-order valence-corrected chi connectivity index (χ1v) is 21.1. The fourth-order valence-corrected chi connectivity index (χ4v) is 9.24. The Morgan fingerprint density at radius 3 is 1.32 bits per heavy atom. The molecule has 0 spiro atoms. The summed E-state index contributed by atoms with van der Waals surface area (Å²) >= 11 is 0. The molecule has 0 fully saturated rings. The molecule has 0 atom stereocenters. The van der Waals surface area contributed by atoms with Gasteiger partial charge in [-0.2, -0.15) is 0 Å². The Bertz CT molecular complexity index is 3470. The zero-order chi connectivity index (χ0) is 41.0. The van der Waals surface area contributed by atoms with E-state index in [1.807, 2.05) is 12.1 Å². The van der Waals surface area contributed by atoms with Gasteiger partial charge in [-0.25, -0.2) is 9.97 Å². The smallest absolute Gasteiger partial charge is 0.160 e. The first kappa shape index (κ1) is 35.6. The Balaban J connectivity index is 1.07. The van der Waals surface area contributed by atoms with Crippen LogP contribution in [-0.2, 0) is 0 Å². The predicted octanol–water partition coefficient (Wildman–Crippen LogP) is 15.0. The zero-order valence-corrected chi connectivity index (χ0v) is 33.7. The van der Waals surface area contributed by atoms with Gasteiger partial charge in [0.2, 0.25) is 0 Å². The fraction of sp³-hybridized carbons (Fsp3) is 0. The highest BCUT2D eigenvalue weighted by Gasteiger charge is 2.22. The van der Waals surface area contributed by atoms with Crippen molar-refractivity contribution >= 4 is 43.6 Å². The minimum Gasteiger partial charge on any atom is -0.309 e. The topological polar surface area (TPSA) is 35.6 Å². The average molecular weight is 791 g/mol. The summed E-state index contributed by atoms with van der Waals surface area (Å²) in [6.45, 7) is 0. The number of benzene rings is 9. The van der Waals surface area contributed by atoms with Gasteiger partial charge in [0, 0.05) is 49.6 Å². The van der Waals surface area contributed by atoms with Crippen molar-refractivity contribution in [1.82, 2.24) is 19.1 Å². The molecule has 4 nitrogen and oxygen atoms in total. The number of hydrogen-bond acceptors (Lipinski definition) is 2. The lowest BCUT2D eigenvalue weighted by Gasteiger charge is -2.14. The summed E-state index contributed by atoms with van der Waals surface area (Å²) in [7, 11) is 0. The van der Waals surface area contributed by atoms with Crippen LogP contribution in [0.1, 0.15) is 0 Å². The van der Waals surface area contributed by atoms with Crippen LogP contribution in [0.25, 0.3) is 111 Å². The standard InChI is InChI=1S/C58H38N4/c1-5-17-39(18-6-1)44-35-45(40-19-7-2-8-20-40)37-47(36-44)61-54-28-16-14-26-50(54)56-55(61)34-33-49-48-25-13-15-27-53(48)62(57(49)56)46-31-29-43(30-32-46)58-59-51(41-21-9-3-10-22-41)38-52(60-58)42-23-11-4-12-24-42/h1-38H. The molecular weight excluding hydrogens is 753 g/mol. The monoisotopic (exact) mass is 790 g/mol. The van der Waals surface area contributed by atoms with Crippen molar-refractivity contribution in [3.8, 4) is 67.5 Å². The van der Waals surface area contributed by atoms with Gasteiger partial charge in [-0.3, -0.25) is 0 Å². The van der Waals surface area contributed by atoms with Crippen molar-refractivity contribution in [3.05, 3.63) is 231 Å². The summed E-state index contributed by atoms with van der Waals surface area (Å²) in [5.41, 5.74) is 16.4. The van der Waals surface area contributed by atoms with E-state index in [0.717, 1.165) is 56.0 Å². The lowest BCUT2D eigenvalue weighted by atomic mass is 9.98. The van der Waals surface area contributed by atoms with Crippen molar-refractivity contribution in [2.24, 2.45) is 0 Å². The van der Waals surface area contributed by atoms with Gasteiger partial charge in [-0.05, 0) is 89.0 Å². The third-order valence-corrected chi connectivity index (χ3v) is 12.1. The van der Waals surface area contributed by atoms with Gasteiger partial charge in [0.05, 0.1) is 33.5 Å². The molecule has 0 saturated carbocycles. The molecule has 290 valence electrons. The summed E-state index contributed by atoms with van der Waals surface area (Å²) in [5.74, 6) is 0.692. The van der Waals surface area contributed by atoms with E-state index in [-0.39, 0.29) is 0 Å². The highest BCUT2D eigenvalue weighted by atomic mass is 15.0. The minimum atomic E-state index is 0.692. The quantitative estimate of drug-likeness (QED) is 0.161. The van der Waals surface area contributed by atoms with Crippen molar-refractivity contribution in [3.63, 3.8) is 0 Å². The van der Waals surface area contributed by atoms with Crippen LogP contribution in [0.5, 0.6) is 0 Å². The molecule has 0 aliphatic rings. The molecule has 0 bridgehead atoms. The van der Waals surface area contributed by atoms with Crippen LogP contribution in [0.15, 0.2) is 231 Å². The van der Waals surface area contributed by atoms with Crippen LogP contribution in [0.3, 0.4) is 0 Å². The zero-order valence-electron chi connectivity index (χ0n) is 33.7. The number of rotatable bonds is 7. The van der Waals surface area contributed by atoms with Crippen LogP contribution in [-0.4, -0.2) is 19.1 Å². The number of nitrogens with zero attached hydrogens (tertiary/aromatic N) is 4. The van der Waals surface area contributed by atoms with E-state index in [2.05, 4.69) is 228 Å². The van der Waals surface area contributed by atoms with Crippen molar-refractivity contribution < 1.29 is 0 Å². The molecule has 9 aromatic carbocycles. The molecule has 0 N–H and O–H groups in total. The van der Waals surface area contributed by atoms with Crippen LogP contribution in [0.2, 0.25) is 0 Å². The van der Waals surface area contributed by atoms with E-state index in [9.17, 15) is 0 Å². The Kier molecular flexibility index (Phi) is 8.46. The van der Waals surface area contributed by atoms with Crippen LogP contribution in [0.4, 0.5) is 0 Å². The van der Waals surface area contributed by atoms with Gasteiger partial charge in [-0.1, -0.05) is 164 Å². The molecular formula is C58H38N4. The third kappa shape index (κ3) is 6.00. The highest BCUT2D eigenvalue weighted by molar-refractivity contribution is 6.26. The van der Waals surface area contributed by atoms with Gasteiger partial charge < -0.3 is 9.13 Å². The summed E-state index contributed by atoms with van der Waals surface area (Å²) in [6.07, 6.45) is 0. The maximum absolute atomic E-state index is 5.13. The number of hydrogen-bond donors (Lipinski definition) is 0. The Hall–Kier alpha value is -8.34. The Morgan fingerprint density at radius 2 is 0.758 bits per heavy atom. The number of aromatic nitrogens is 4. The molecule has 3 aromatic heterocycles. The average Bonchev–Trinajstić information content (AvgIpc) is 3.88. The lowest BCUT2D eigenvalue weighted by molar-refractivity contribution is 1.16. The van der Waals surface area contributed by atoms with E-state index in [1.54, 1.807) is 0 Å². The van der Waals surface area contributed by atoms with E-state index < -0.39 is 0 Å². The van der Waals surface area contributed by atoms with Gasteiger partial charge in [0.15, 0.2) is 5.82 Å². The van der Waals surface area contributed by atoms with E-state index in [1.165, 1.54) is 49.3 Å². The second-order valence-corrected chi connectivity index (χ2v) is 15.8. The molecule has 4 heteroatoms. The Labute approximate surface area is 359 Å². The first-order chi connectivity index (χ1) is 30.7. The molecule has 0 saturated heterocycles. The predicted molar refractivity (Wildman–Crippen MR) is 258 cm³/mol. The lowest BCUT2D eigenvalue weighted by Crippen LogP contribution is -1.98. The van der Waals surface area contributed by atoms with Crippen LogP contribution < -0.4 is 0 Å². The number of fused-ring (bicyclic) bond motifs is 7. The number of para-hydroxylation sites is 2. The van der Waals surface area contributed by atoms with Crippen LogP contribution >= 0.6 is 0 Å². The van der Waals surface area contributed by atoms with Crippen molar-refractivity contribution in [1.29, 1.82) is 0 Å². The minimum absolute atomic E-state index is 0.692. The van der Waals surface area contributed by atoms with E-state index in [0.29, 0.717) is 5.82 Å². The van der Waals surface area contributed by atoms with Gasteiger partial charge in [0.25, 0.3) is 0 Å². The summed E-state index contributed by atoms with van der Waals surface area (Å²) in [4.78, 5) is 10.3. The molecule has 0 amide bonds. The van der Waals surface area contributed by atoms with Crippen molar-refractivity contribution in [2.45, 2.75) is 0 Å². The molecule has 0 radical (unpaired) electrons. The van der Waals surface area contributed by atoms with Crippen LogP contribution in [0, 0.1) is 0 Å². The molecule has 0 aliphatic heterocycles. The van der Waals surface area contributed by atoms with Gasteiger partial charge in [0.1, 0.15) is 0 Å². The molecule has 3 heterocycles. The maximum Gasteiger partial charge on any atom is 0.160 e. The summed E-state index contributed by atoms with van der Waals surface area (Å²) < 4.78 is 4.90. The molecule has 0 unspecified atom stereocenters. The molecule has 12 rings (SSSR count). The van der Waals surface area contributed by atoms with Crippen molar-refractivity contribution in [2.75, 3.05) is 0 Å². The normalized spacial score (nSPS) is 11.5. The first-order valence-electron chi connectivity index (χ1n) is 21.1. The SMILES string of the molecule is c1ccc(-c2cc(-c3ccccc3)cc(-n3c4ccccc4c4c3ccc3c5ccccc5n(-c5ccc(-c6nc(-c7ccccc7)cc(-c7ccccc7)n6)cc5)c34)c2)cc1. The van der Waals surface area contributed by atoms with Gasteiger partial charge in [-0.15, -0.1) is 0 Å². The summed E-state index contributed by atoms with van der Waals surface area (Å²) in [6, 6.07) is 82.2.